The van der Waals surface area contributed by atoms with Crippen LogP contribution >= 0.6 is 0 Å². The molecule has 1 aromatic heterocycles. The Balaban J connectivity index is 2.36. The highest BCUT2D eigenvalue weighted by Gasteiger charge is 2.17. The molecule has 0 unspecified atom stereocenters. The number of rotatable bonds is 3. The number of halogens is 1. The van der Waals surface area contributed by atoms with E-state index < -0.39 is 5.97 Å². The standard InChI is InChI=1S/C17H18FNO2/c1-17(2)6-4-14(18)9-12(10-17)8-13-5-7-19-11-15(13)16(20)21-3/h4-7,9-11H,8H2,1-3H3. The van der Waals surface area contributed by atoms with Crippen LogP contribution in [0.5, 0.6) is 0 Å². The molecule has 0 radical (unpaired) electrons. The molecule has 1 aromatic rings. The zero-order valence-corrected chi connectivity index (χ0v) is 12.4. The molecule has 0 bridgehead atoms. The second kappa shape index (κ2) is 6.04. The minimum absolute atomic E-state index is 0.238. The summed E-state index contributed by atoms with van der Waals surface area (Å²) in [5.41, 5.74) is 1.76. The van der Waals surface area contributed by atoms with E-state index >= 15 is 0 Å². The molecular weight excluding hydrogens is 269 g/mol. The number of hydrogen-bond acceptors (Lipinski definition) is 3. The Kier molecular flexibility index (Phi) is 4.36. The van der Waals surface area contributed by atoms with Crippen LogP contribution in [0.25, 0.3) is 0 Å². The Morgan fingerprint density at radius 3 is 2.90 bits per heavy atom. The Morgan fingerprint density at radius 2 is 2.19 bits per heavy atom. The SMILES string of the molecule is COC(=O)c1cnccc1CC1=CC(C)(C)C=CC(F)=C1. The van der Waals surface area contributed by atoms with Crippen molar-refractivity contribution in [3.63, 3.8) is 0 Å². The quantitative estimate of drug-likeness (QED) is 0.794. The molecule has 4 heteroatoms. The third-order valence-corrected chi connectivity index (χ3v) is 3.26. The van der Waals surface area contributed by atoms with Crippen LogP contribution in [0.4, 0.5) is 4.39 Å². The highest BCUT2D eigenvalue weighted by atomic mass is 19.1. The van der Waals surface area contributed by atoms with E-state index in [-0.39, 0.29) is 11.2 Å². The third kappa shape index (κ3) is 3.88. The molecule has 0 spiro atoms. The Morgan fingerprint density at radius 1 is 1.43 bits per heavy atom. The summed E-state index contributed by atoms with van der Waals surface area (Å²) in [7, 11) is 1.33. The van der Waals surface area contributed by atoms with E-state index in [9.17, 15) is 9.18 Å². The van der Waals surface area contributed by atoms with Crippen molar-refractivity contribution in [1.29, 1.82) is 0 Å². The zero-order valence-electron chi connectivity index (χ0n) is 12.4. The molecule has 21 heavy (non-hydrogen) atoms. The highest BCUT2D eigenvalue weighted by molar-refractivity contribution is 5.90. The number of ether oxygens (including phenoxy) is 1. The number of carbonyl (C=O) groups excluding carboxylic acids is 1. The molecule has 0 aliphatic heterocycles. The van der Waals surface area contributed by atoms with Crippen LogP contribution in [-0.4, -0.2) is 18.1 Å². The van der Waals surface area contributed by atoms with Crippen molar-refractivity contribution in [3.05, 3.63) is 65.3 Å². The molecule has 0 saturated carbocycles. The molecule has 1 heterocycles. The van der Waals surface area contributed by atoms with Gasteiger partial charge in [-0.15, -0.1) is 0 Å². The van der Waals surface area contributed by atoms with Crippen molar-refractivity contribution in [3.8, 4) is 0 Å². The summed E-state index contributed by atoms with van der Waals surface area (Å²) in [6.45, 7) is 4.01. The molecule has 110 valence electrons. The average molecular weight is 287 g/mol. The van der Waals surface area contributed by atoms with Gasteiger partial charge in [0, 0.05) is 17.8 Å². The lowest BCUT2D eigenvalue weighted by molar-refractivity contribution is 0.0599. The van der Waals surface area contributed by atoms with Gasteiger partial charge in [-0.1, -0.05) is 26.0 Å². The van der Waals surface area contributed by atoms with Crippen LogP contribution in [0.1, 0.15) is 29.8 Å². The highest BCUT2D eigenvalue weighted by Crippen LogP contribution is 2.28. The van der Waals surface area contributed by atoms with Crippen LogP contribution in [-0.2, 0) is 11.2 Å². The molecule has 1 aliphatic rings. The molecule has 0 N–H and O–H groups in total. The predicted molar refractivity (Wildman–Crippen MR) is 79.5 cm³/mol. The number of nitrogens with zero attached hydrogens (tertiary/aromatic N) is 1. The van der Waals surface area contributed by atoms with Crippen molar-refractivity contribution in [2.24, 2.45) is 5.41 Å². The van der Waals surface area contributed by atoms with E-state index in [1.807, 2.05) is 26.0 Å². The summed E-state index contributed by atoms with van der Waals surface area (Å²) < 4.78 is 18.4. The van der Waals surface area contributed by atoms with E-state index in [0.29, 0.717) is 12.0 Å². The minimum Gasteiger partial charge on any atom is -0.465 e. The van der Waals surface area contributed by atoms with Gasteiger partial charge in [0.25, 0.3) is 0 Å². The van der Waals surface area contributed by atoms with Crippen molar-refractivity contribution in [1.82, 2.24) is 4.98 Å². The molecular formula is C17H18FNO2. The fourth-order valence-electron chi connectivity index (χ4n) is 2.28. The van der Waals surface area contributed by atoms with Gasteiger partial charge >= 0.3 is 5.97 Å². The van der Waals surface area contributed by atoms with E-state index in [2.05, 4.69) is 4.98 Å². The van der Waals surface area contributed by atoms with Gasteiger partial charge in [0.15, 0.2) is 0 Å². The molecule has 1 aliphatic carbocycles. The second-order valence-electron chi connectivity index (χ2n) is 5.60. The van der Waals surface area contributed by atoms with Crippen LogP contribution in [0, 0.1) is 5.41 Å². The van der Waals surface area contributed by atoms with Crippen LogP contribution < -0.4 is 0 Å². The van der Waals surface area contributed by atoms with Crippen molar-refractivity contribution in [2.45, 2.75) is 20.3 Å². The molecule has 3 nitrogen and oxygen atoms in total. The summed E-state index contributed by atoms with van der Waals surface area (Å²) in [5.74, 6) is -0.727. The van der Waals surface area contributed by atoms with Crippen molar-refractivity contribution < 1.29 is 13.9 Å². The van der Waals surface area contributed by atoms with Crippen LogP contribution in [0.2, 0.25) is 0 Å². The Labute approximate surface area is 123 Å². The van der Waals surface area contributed by atoms with E-state index in [1.165, 1.54) is 25.5 Å². The van der Waals surface area contributed by atoms with Crippen molar-refractivity contribution >= 4 is 5.97 Å². The summed E-state index contributed by atoms with van der Waals surface area (Å²) >= 11 is 0. The molecule has 0 fully saturated rings. The van der Waals surface area contributed by atoms with E-state index in [1.54, 1.807) is 12.3 Å². The number of methoxy groups -OCH3 is 1. The largest absolute Gasteiger partial charge is 0.465 e. The molecule has 0 atom stereocenters. The maximum absolute atomic E-state index is 13.7. The normalized spacial score (nSPS) is 16.8. The first-order valence-corrected chi connectivity index (χ1v) is 6.71. The second-order valence-corrected chi connectivity index (χ2v) is 5.60. The fraction of sp³-hybridized carbons (Fsp3) is 0.294. The lowest BCUT2D eigenvalue weighted by Crippen LogP contribution is -2.08. The summed E-state index contributed by atoms with van der Waals surface area (Å²) in [6.07, 6.45) is 10.3. The van der Waals surface area contributed by atoms with Crippen LogP contribution in [0.15, 0.2) is 54.2 Å². The molecule has 0 saturated heterocycles. The first kappa shape index (κ1) is 15.2. The minimum atomic E-state index is -0.436. The van der Waals surface area contributed by atoms with E-state index in [0.717, 1.165) is 11.1 Å². The Bertz CT molecular complexity index is 642. The topological polar surface area (TPSA) is 39.2 Å². The van der Waals surface area contributed by atoms with Gasteiger partial charge in [-0.25, -0.2) is 9.18 Å². The third-order valence-electron chi connectivity index (χ3n) is 3.26. The van der Waals surface area contributed by atoms with Gasteiger partial charge in [0.2, 0.25) is 0 Å². The smallest absolute Gasteiger partial charge is 0.339 e. The number of hydrogen-bond donors (Lipinski definition) is 0. The number of esters is 1. The maximum atomic E-state index is 13.7. The molecule has 0 amide bonds. The number of allylic oxidation sites excluding steroid dienone is 6. The van der Waals surface area contributed by atoms with Gasteiger partial charge in [-0.05, 0) is 35.8 Å². The number of aromatic nitrogens is 1. The lowest BCUT2D eigenvalue weighted by Gasteiger charge is -2.16. The van der Waals surface area contributed by atoms with Crippen LogP contribution in [0.3, 0.4) is 0 Å². The average Bonchev–Trinajstić information content (AvgIpc) is 2.56. The fourth-order valence-corrected chi connectivity index (χ4v) is 2.28. The number of pyridine rings is 1. The summed E-state index contributed by atoms with van der Waals surface area (Å²) in [5, 5.41) is 0. The summed E-state index contributed by atoms with van der Waals surface area (Å²) in [4.78, 5) is 15.7. The van der Waals surface area contributed by atoms with Gasteiger partial charge in [0.05, 0.1) is 12.7 Å². The first-order chi connectivity index (χ1) is 9.91. The van der Waals surface area contributed by atoms with Gasteiger partial charge in [-0.3, -0.25) is 4.98 Å². The first-order valence-electron chi connectivity index (χ1n) is 6.71. The lowest BCUT2D eigenvalue weighted by atomic mass is 9.89. The predicted octanol–water partition coefficient (Wildman–Crippen LogP) is 3.79. The maximum Gasteiger partial charge on any atom is 0.339 e. The molecule has 2 rings (SSSR count). The van der Waals surface area contributed by atoms with Gasteiger partial charge in [0.1, 0.15) is 5.83 Å². The summed E-state index contributed by atoms with van der Waals surface area (Å²) in [6, 6.07) is 1.75. The zero-order chi connectivity index (χ0) is 15.5. The van der Waals surface area contributed by atoms with Gasteiger partial charge in [-0.2, -0.15) is 0 Å². The van der Waals surface area contributed by atoms with E-state index in [4.69, 9.17) is 4.74 Å². The van der Waals surface area contributed by atoms with Crippen molar-refractivity contribution in [2.75, 3.05) is 7.11 Å². The number of carbonyl (C=O) groups is 1. The van der Waals surface area contributed by atoms with Gasteiger partial charge < -0.3 is 4.74 Å². The monoisotopic (exact) mass is 287 g/mol. The Hall–Kier alpha value is -2.23. The molecule has 0 aromatic carbocycles.